The largest absolute Gasteiger partial charge is 0.371 e. The number of aromatic nitrogens is 1. The highest BCUT2D eigenvalue weighted by Gasteiger charge is 1.92. The van der Waals surface area contributed by atoms with Crippen molar-refractivity contribution in [1.82, 2.24) is 4.98 Å². The monoisotopic (exact) mass is 185 g/mol. The van der Waals surface area contributed by atoms with Gasteiger partial charge in [-0.3, -0.25) is 0 Å². The van der Waals surface area contributed by atoms with Crippen LogP contribution in [0.15, 0.2) is 29.4 Å². The predicted octanol–water partition coefficient (Wildman–Crippen LogP) is 1.14. The van der Waals surface area contributed by atoms with Crippen LogP contribution in [0, 0.1) is 0 Å². The number of hydrogen-bond donors (Lipinski definition) is 1. The van der Waals surface area contributed by atoms with E-state index in [-0.39, 0.29) is 6.79 Å². The van der Waals surface area contributed by atoms with Crippen molar-refractivity contribution in [3.05, 3.63) is 24.4 Å². The number of aliphatic hydroxyl groups excluding tert-OH is 1. The first-order valence-electron chi connectivity index (χ1n) is 3.66. The quantitative estimate of drug-likeness (QED) is 0.424. The van der Waals surface area contributed by atoms with E-state index in [0.717, 1.165) is 10.8 Å². The molecule has 1 aromatic heterocycles. The van der Waals surface area contributed by atoms with Crippen LogP contribution < -0.4 is 0 Å². The maximum absolute atomic E-state index is 8.32. The van der Waals surface area contributed by atoms with E-state index < -0.39 is 0 Å². The molecule has 0 aliphatic rings. The van der Waals surface area contributed by atoms with Crippen molar-refractivity contribution in [2.75, 3.05) is 19.2 Å². The van der Waals surface area contributed by atoms with Crippen LogP contribution >= 0.6 is 11.8 Å². The van der Waals surface area contributed by atoms with Crippen molar-refractivity contribution in [2.24, 2.45) is 0 Å². The second-order valence-corrected chi connectivity index (χ2v) is 3.17. The van der Waals surface area contributed by atoms with Crippen molar-refractivity contribution in [1.29, 1.82) is 0 Å². The molecule has 3 nitrogen and oxygen atoms in total. The summed E-state index contributed by atoms with van der Waals surface area (Å²) in [4.78, 5) is 4.12. The third-order valence-electron chi connectivity index (χ3n) is 1.21. The summed E-state index contributed by atoms with van der Waals surface area (Å²) in [6.07, 6.45) is 1.76. The number of rotatable bonds is 5. The zero-order valence-electron chi connectivity index (χ0n) is 6.64. The normalized spacial score (nSPS) is 10.1. The molecule has 0 aliphatic heterocycles. The van der Waals surface area contributed by atoms with Crippen LogP contribution in [0.25, 0.3) is 0 Å². The molecule has 0 atom stereocenters. The van der Waals surface area contributed by atoms with E-state index in [9.17, 15) is 0 Å². The van der Waals surface area contributed by atoms with Crippen LogP contribution in [0.4, 0.5) is 0 Å². The lowest BCUT2D eigenvalue weighted by Crippen LogP contribution is -1.97. The molecule has 0 saturated heterocycles. The Balaban J connectivity index is 2.16. The summed E-state index contributed by atoms with van der Waals surface area (Å²) in [7, 11) is 0. The van der Waals surface area contributed by atoms with Crippen molar-refractivity contribution in [3.8, 4) is 0 Å². The van der Waals surface area contributed by atoms with Crippen LogP contribution in [0.5, 0.6) is 0 Å². The van der Waals surface area contributed by atoms with Crippen molar-refractivity contribution >= 4 is 11.8 Å². The number of thioether (sulfide) groups is 1. The summed E-state index contributed by atoms with van der Waals surface area (Å²) in [6, 6.07) is 5.78. The Hall–Kier alpha value is -0.580. The maximum atomic E-state index is 8.32. The molecule has 0 aliphatic carbocycles. The summed E-state index contributed by atoms with van der Waals surface area (Å²) < 4.78 is 4.76. The van der Waals surface area contributed by atoms with Gasteiger partial charge < -0.3 is 9.84 Å². The number of aliphatic hydroxyl groups is 1. The molecule has 0 unspecified atom stereocenters. The maximum Gasteiger partial charge on any atom is 0.143 e. The molecular weight excluding hydrogens is 174 g/mol. The second kappa shape index (κ2) is 5.99. The summed E-state index contributed by atoms with van der Waals surface area (Å²) >= 11 is 1.61. The van der Waals surface area contributed by atoms with Gasteiger partial charge in [-0.2, -0.15) is 0 Å². The third kappa shape index (κ3) is 3.71. The van der Waals surface area contributed by atoms with Crippen LogP contribution in [-0.2, 0) is 4.74 Å². The van der Waals surface area contributed by atoms with Crippen LogP contribution in [0.1, 0.15) is 0 Å². The van der Waals surface area contributed by atoms with Gasteiger partial charge in [-0.1, -0.05) is 6.07 Å². The molecular formula is C8H11NO2S. The lowest BCUT2D eigenvalue weighted by atomic mass is 10.5. The van der Waals surface area contributed by atoms with Gasteiger partial charge in [-0.05, 0) is 12.1 Å². The minimum Gasteiger partial charge on any atom is -0.371 e. The van der Waals surface area contributed by atoms with Crippen LogP contribution in [0.3, 0.4) is 0 Å². The molecule has 1 N–H and O–H groups in total. The van der Waals surface area contributed by atoms with Gasteiger partial charge in [0.25, 0.3) is 0 Å². The van der Waals surface area contributed by atoms with E-state index in [1.165, 1.54) is 0 Å². The molecule has 66 valence electrons. The van der Waals surface area contributed by atoms with Crippen molar-refractivity contribution < 1.29 is 9.84 Å². The first-order valence-corrected chi connectivity index (χ1v) is 4.64. The molecule has 0 saturated carbocycles. The van der Waals surface area contributed by atoms with Gasteiger partial charge >= 0.3 is 0 Å². The number of ether oxygens (including phenoxy) is 1. The standard InChI is InChI=1S/C8H11NO2S/c10-7-11-5-6-12-8-3-1-2-4-9-8/h1-4,10H,5-7H2. The Kier molecular flexibility index (Phi) is 4.75. The highest BCUT2D eigenvalue weighted by atomic mass is 32.2. The minimum absolute atomic E-state index is 0.206. The predicted molar refractivity (Wildman–Crippen MR) is 48.0 cm³/mol. The van der Waals surface area contributed by atoms with E-state index in [0.29, 0.717) is 6.61 Å². The SMILES string of the molecule is OCOCCSc1ccccn1. The number of pyridine rings is 1. The van der Waals surface area contributed by atoms with E-state index >= 15 is 0 Å². The van der Waals surface area contributed by atoms with Gasteiger partial charge in [0.2, 0.25) is 0 Å². The molecule has 0 aromatic carbocycles. The summed E-state index contributed by atoms with van der Waals surface area (Å²) in [6.45, 7) is 0.348. The summed E-state index contributed by atoms with van der Waals surface area (Å²) in [5.74, 6) is 0.817. The molecule has 1 aromatic rings. The Morgan fingerprint density at radius 3 is 3.08 bits per heavy atom. The smallest absolute Gasteiger partial charge is 0.143 e. The lowest BCUT2D eigenvalue weighted by Gasteiger charge is -1.99. The average Bonchev–Trinajstić information content (AvgIpc) is 2.14. The number of nitrogens with zero attached hydrogens (tertiary/aromatic N) is 1. The Bertz CT molecular complexity index is 205. The van der Waals surface area contributed by atoms with Gasteiger partial charge in [0.15, 0.2) is 0 Å². The zero-order valence-corrected chi connectivity index (χ0v) is 7.46. The molecule has 0 amide bonds. The fourth-order valence-electron chi connectivity index (χ4n) is 0.702. The Labute approximate surface area is 75.8 Å². The van der Waals surface area contributed by atoms with Gasteiger partial charge in [-0.15, -0.1) is 11.8 Å². The third-order valence-corrected chi connectivity index (χ3v) is 2.11. The molecule has 0 bridgehead atoms. The van der Waals surface area contributed by atoms with Gasteiger partial charge in [-0.25, -0.2) is 4.98 Å². The fraction of sp³-hybridized carbons (Fsp3) is 0.375. The van der Waals surface area contributed by atoms with Crippen LogP contribution in [-0.4, -0.2) is 29.2 Å². The molecule has 4 heteroatoms. The molecule has 0 radical (unpaired) electrons. The average molecular weight is 185 g/mol. The highest BCUT2D eigenvalue weighted by molar-refractivity contribution is 7.99. The highest BCUT2D eigenvalue weighted by Crippen LogP contribution is 2.12. The zero-order chi connectivity index (χ0) is 8.65. The van der Waals surface area contributed by atoms with E-state index in [1.807, 2.05) is 18.2 Å². The van der Waals surface area contributed by atoms with Gasteiger partial charge in [0, 0.05) is 11.9 Å². The van der Waals surface area contributed by atoms with E-state index in [1.54, 1.807) is 18.0 Å². The summed E-state index contributed by atoms with van der Waals surface area (Å²) in [5.41, 5.74) is 0. The first-order chi connectivity index (χ1) is 5.93. The minimum atomic E-state index is -0.206. The van der Waals surface area contributed by atoms with Gasteiger partial charge in [0.05, 0.1) is 11.6 Å². The lowest BCUT2D eigenvalue weighted by molar-refractivity contribution is 0.00671. The molecule has 0 spiro atoms. The molecule has 0 fully saturated rings. The second-order valence-electron chi connectivity index (χ2n) is 2.05. The molecule has 12 heavy (non-hydrogen) atoms. The fourth-order valence-corrected chi connectivity index (χ4v) is 1.42. The van der Waals surface area contributed by atoms with E-state index in [2.05, 4.69) is 4.98 Å². The molecule has 1 heterocycles. The van der Waals surface area contributed by atoms with Crippen LogP contribution in [0.2, 0.25) is 0 Å². The van der Waals surface area contributed by atoms with Crippen molar-refractivity contribution in [3.63, 3.8) is 0 Å². The Morgan fingerprint density at radius 2 is 2.42 bits per heavy atom. The van der Waals surface area contributed by atoms with E-state index in [4.69, 9.17) is 9.84 Å². The first kappa shape index (κ1) is 9.51. The molecule has 1 rings (SSSR count). The Morgan fingerprint density at radius 1 is 1.50 bits per heavy atom. The van der Waals surface area contributed by atoms with Gasteiger partial charge in [0.1, 0.15) is 6.79 Å². The number of hydrogen-bond acceptors (Lipinski definition) is 4. The van der Waals surface area contributed by atoms with Crippen molar-refractivity contribution in [2.45, 2.75) is 5.03 Å². The topological polar surface area (TPSA) is 42.4 Å². The summed E-state index contributed by atoms with van der Waals surface area (Å²) in [5, 5.41) is 9.30.